The van der Waals surface area contributed by atoms with E-state index in [0.29, 0.717) is 6.42 Å². The third kappa shape index (κ3) is 2.20. The van der Waals surface area contributed by atoms with Crippen LogP contribution in [0.25, 0.3) is 0 Å². The number of carbonyl (C=O) groups excluding carboxylic acids is 1. The van der Waals surface area contributed by atoms with E-state index in [0.717, 1.165) is 25.0 Å². The molecule has 3 aliphatic rings. The second-order valence-corrected chi connectivity index (χ2v) is 5.13. The van der Waals surface area contributed by atoms with E-state index >= 15 is 0 Å². The molecule has 3 rings (SSSR count). The van der Waals surface area contributed by atoms with Gasteiger partial charge in [-0.15, -0.1) is 0 Å². The maximum atomic E-state index is 11.8. The fourth-order valence-electron chi connectivity index (χ4n) is 3.00. The van der Waals surface area contributed by atoms with E-state index < -0.39 is 0 Å². The highest BCUT2D eigenvalue weighted by atomic mass is 16.5. The first-order chi connectivity index (χ1) is 8.84. The van der Waals surface area contributed by atoms with Crippen LogP contribution >= 0.6 is 0 Å². The number of allylic oxidation sites excluding steroid dienone is 7. The third-order valence-electron chi connectivity index (χ3n) is 3.91. The molecule has 1 heterocycles. The largest absolute Gasteiger partial charge is 0.430 e. The van der Waals surface area contributed by atoms with Gasteiger partial charge in [0.1, 0.15) is 5.76 Å². The van der Waals surface area contributed by atoms with E-state index in [4.69, 9.17) is 4.74 Å². The lowest BCUT2D eigenvalue weighted by molar-refractivity contribution is -0.141. The lowest BCUT2D eigenvalue weighted by Crippen LogP contribution is -2.23. The van der Waals surface area contributed by atoms with Crippen molar-refractivity contribution >= 4 is 5.97 Å². The molecule has 0 aromatic heterocycles. The molecule has 1 atom stereocenters. The summed E-state index contributed by atoms with van der Waals surface area (Å²) in [6.07, 6.45) is 16.6. The van der Waals surface area contributed by atoms with E-state index in [1.165, 1.54) is 24.0 Å². The van der Waals surface area contributed by atoms with Crippen LogP contribution in [0.15, 0.2) is 47.3 Å². The highest BCUT2D eigenvalue weighted by Crippen LogP contribution is 2.38. The van der Waals surface area contributed by atoms with Crippen molar-refractivity contribution in [3.05, 3.63) is 47.3 Å². The number of esters is 1. The minimum Gasteiger partial charge on any atom is -0.430 e. The molecule has 2 heteroatoms. The maximum Gasteiger partial charge on any atom is 0.311 e. The van der Waals surface area contributed by atoms with Gasteiger partial charge < -0.3 is 4.74 Å². The highest BCUT2D eigenvalue weighted by molar-refractivity contribution is 5.74. The summed E-state index contributed by atoms with van der Waals surface area (Å²) in [6, 6.07) is 0. The second-order valence-electron chi connectivity index (χ2n) is 5.13. The van der Waals surface area contributed by atoms with Gasteiger partial charge in [-0.3, -0.25) is 4.79 Å². The van der Waals surface area contributed by atoms with Gasteiger partial charge >= 0.3 is 5.97 Å². The molecule has 0 aromatic carbocycles. The minimum atomic E-state index is -0.0751. The molecule has 0 spiro atoms. The van der Waals surface area contributed by atoms with Crippen molar-refractivity contribution in [2.75, 3.05) is 0 Å². The molecule has 0 saturated carbocycles. The quantitative estimate of drug-likeness (QED) is 0.516. The zero-order chi connectivity index (χ0) is 12.4. The average Bonchev–Trinajstić information content (AvgIpc) is 2.64. The summed E-state index contributed by atoms with van der Waals surface area (Å²) in [5.74, 6) is 1.04. The first-order valence-electron chi connectivity index (χ1n) is 6.80. The molecule has 0 fully saturated rings. The van der Waals surface area contributed by atoms with Gasteiger partial charge in [-0.1, -0.05) is 36.0 Å². The predicted octanol–water partition coefficient (Wildman–Crippen LogP) is 3.82. The van der Waals surface area contributed by atoms with Gasteiger partial charge in [-0.2, -0.15) is 0 Å². The van der Waals surface area contributed by atoms with E-state index in [-0.39, 0.29) is 11.9 Å². The zero-order valence-electron chi connectivity index (χ0n) is 10.5. The van der Waals surface area contributed by atoms with Gasteiger partial charge in [0.25, 0.3) is 0 Å². The van der Waals surface area contributed by atoms with Crippen molar-refractivity contribution in [2.45, 2.75) is 38.5 Å². The van der Waals surface area contributed by atoms with Crippen LogP contribution < -0.4 is 0 Å². The summed E-state index contributed by atoms with van der Waals surface area (Å²) in [4.78, 5) is 11.8. The summed E-state index contributed by atoms with van der Waals surface area (Å²) in [5, 5.41) is 0. The van der Waals surface area contributed by atoms with Crippen LogP contribution in [0.2, 0.25) is 0 Å². The van der Waals surface area contributed by atoms with Crippen molar-refractivity contribution in [2.24, 2.45) is 5.92 Å². The van der Waals surface area contributed by atoms with Crippen molar-refractivity contribution in [1.29, 1.82) is 0 Å². The summed E-state index contributed by atoms with van der Waals surface area (Å²) in [7, 11) is 0. The van der Waals surface area contributed by atoms with Gasteiger partial charge in [0.15, 0.2) is 0 Å². The Morgan fingerprint density at radius 2 is 2.17 bits per heavy atom. The Bertz CT molecular complexity index is 477. The Morgan fingerprint density at radius 1 is 1.22 bits per heavy atom. The van der Waals surface area contributed by atoms with E-state index in [1.54, 1.807) is 0 Å². The van der Waals surface area contributed by atoms with Crippen LogP contribution in [0, 0.1) is 5.92 Å². The molecule has 0 radical (unpaired) electrons. The van der Waals surface area contributed by atoms with Crippen LogP contribution in [0.5, 0.6) is 0 Å². The number of hydrogen-bond donors (Lipinski definition) is 0. The van der Waals surface area contributed by atoms with Crippen LogP contribution in [-0.2, 0) is 9.53 Å². The fraction of sp³-hybridized carbons (Fsp3) is 0.438. The predicted molar refractivity (Wildman–Crippen MR) is 70.7 cm³/mol. The summed E-state index contributed by atoms with van der Waals surface area (Å²) in [5.41, 5.74) is 2.66. The minimum absolute atomic E-state index is 0.0751. The zero-order valence-corrected chi connectivity index (χ0v) is 10.5. The number of carbonyl (C=O) groups is 1. The summed E-state index contributed by atoms with van der Waals surface area (Å²) >= 11 is 0. The van der Waals surface area contributed by atoms with Crippen molar-refractivity contribution in [1.82, 2.24) is 0 Å². The number of rotatable bonds is 1. The molecule has 94 valence electrons. The Kier molecular flexibility index (Phi) is 3.18. The molecule has 0 N–H and O–H groups in total. The smallest absolute Gasteiger partial charge is 0.311 e. The van der Waals surface area contributed by atoms with Crippen molar-refractivity contribution < 1.29 is 9.53 Å². The molecule has 0 amide bonds. The Hall–Kier alpha value is -1.57. The molecule has 18 heavy (non-hydrogen) atoms. The van der Waals surface area contributed by atoms with Crippen LogP contribution in [0.1, 0.15) is 38.5 Å². The van der Waals surface area contributed by atoms with Crippen LogP contribution in [0.4, 0.5) is 0 Å². The maximum absolute atomic E-state index is 11.8. The monoisotopic (exact) mass is 242 g/mol. The average molecular weight is 242 g/mol. The van der Waals surface area contributed by atoms with E-state index in [2.05, 4.69) is 18.2 Å². The Balaban J connectivity index is 1.96. The van der Waals surface area contributed by atoms with Crippen LogP contribution in [0.3, 0.4) is 0 Å². The Labute approximate surface area is 108 Å². The molecular formula is C16H18O2. The summed E-state index contributed by atoms with van der Waals surface area (Å²) < 4.78 is 5.40. The first-order valence-corrected chi connectivity index (χ1v) is 6.80. The van der Waals surface area contributed by atoms with Crippen molar-refractivity contribution in [3.8, 4) is 0 Å². The standard InChI is InChI=1S/C16H18O2/c17-16-11-14(12-7-3-1-4-8-12)13-9-5-2-6-10-15(13)18-16/h2,5-7,9,14H,1,3-4,8,10-11H2. The van der Waals surface area contributed by atoms with Gasteiger partial charge in [0, 0.05) is 12.3 Å². The van der Waals surface area contributed by atoms with E-state index in [9.17, 15) is 4.79 Å². The molecular weight excluding hydrogens is 224 g/mol. The van der Waals surface area contributed by atoms with Crippen LogP contribution in [-0.4, -0.2) is 5.97 Å². The molecule has 1 aliphatic heterocycles. The lowest BCUT2D eigenvalue weighted by atomic mass is 9.80. The molecule has 1 unspecified atom stereocenters. The second kappa shape index (κ2) is 4.97. The topological polar surface area (TPSA) is 26.3 Å². The first kappa shape index (κ1) is 11.5. The fourth-order valence-corrected chi connectivity index (χ4v) is 3.00. The van der Waals surface area contributed by atoms with Gasteiger partial charge in [-0.05, 0) is 31.3 Å². The Morgan fingerprint density at radius 3 is 3.00 bits per heavy atom. The molecule has 2 aliphatic carbocycles. The third-order valence-corrected chi connectivity index (χ3v) is 3.91. The number of ether oxygens (including phenoxy) is 1. The van der Waals surface area contributed by atoms with Gasteiger partial charge in [-0.25, -0.2) is 0 Å². The van der Waals surface area contributed by atoms with Gasteiger partial charge in [0.05, 0.1) is 6.42 Å². The van der Waals surface area contributed by atoms with Gasteiger partial charge in [0.2, 0.25) is 0 Å². The number of hydrogen-bond acceptors (Lipinski definition) is 2. The normalized spacial score (nSPS) is 27.4. The van der Waals surface area contributed by atoms with E-state index in [1.807, 2.05) is 12.2 Å². The molecule has 0 aromatic rings. The molecule has 2 nitrogen and oxygen atoms in total. The lowest BCUT2D eigenvalue weighted by Gasteiger charge is -2.29. The van der Waals surface area contributed by atoms with Crippen molar-refractivity contribution in [3.63, 3.8) is 0 Å². The molecule has 0 saturated heterocycles. The summed E-state index contributed by atoms with van der Waals surface area (Å²) in [6.45, 7) is 0. The SMILES string of the molecule is O=C1CC(C2=CCCCC2)C2=C(CC=CC=C2)O1. The highest BCUT2D eigenvalue weighted by Gasteiger charge is 2.30. The molecule has 0 bridgehead atoms.